The monoisotopic (exact) mass is 282 g/mol. The smallest absolute Gasteiger partial charge is 0.150 e. The summed E-state index contributed by atoms with van der Waals surface area (Å²) in [5, 5.41) is 21.3. The van der Waals surface area contributed by atoms with Gasteiger partial charge in [0.15, 0.2) is 0 Å². The molecular weight excluding hydrogens is 271 g/mol. The van der Waals surface area contributed by atoms with Crippen molar-refractivity contribution in [3.63, 3.8) is 0 Å². The van der Waals surface area contributed by atoms with Gasteiger partial charge in [0.1, 0.15) is 22.5 Å². The highest BCUT2D eigenvalue weighted by Gasteiger charge is 2.15. The molecule has 0 radical (unpaired) electrons. The Hall–Kier alpha value is -1.98. The van der Waals surface area contributed by atoms with Crippen LogP contribution in [0.5, 0.6) is 5.75 Å². The summed E-state index contributed by atoms with van der Waals surface area (Å²) >= 11 is 6.04. The van der Waals surface area contributed by atoms with Crippen LogP contribution in [0.15, 0.2) is 52.9 Å². The molecule has 4 nitrogen and oxygen atoms in total. The maximum absolute atomic E-state index is 13.5. The second-order valence-electron chi connectivity index (χ2n) is 4.01. The number of rotatable bonds is 2. The number of hydrogen-bond donors (Lipinski definition) is 4. The van der Waals surface area contributed by atoms with Gasteiger partial charge in [0.2, 0.25) is 0 Å². The Kier molecular flexibility index (Phi) is 3.78. The van der Waals surface area contributed by atoms with Gasteiger partial charge in [-0.2, -0.15) is 0 Å². The van der Waals surface area contributed by atoms with E-state index < -0.39 is 11.9 Å². The van der Waals surface area contributed by atoms with Crippen molar-refractivity contribution in [1.29, 1.82) is 0 Å². The lowest BCUT2D eigenvalue weighted by molar-refractivity contribution is 0.429. The average Bonchev–Trinajstić information content (AvgIpc) is 2.35. The van der Waals surface area contributed by atoms with Gasteiger partial charge < -0.3 is 21.3 Å². The van der Waals surface area contributed by atoms with Gasteiger partial charge in [-0.05, 0) is 24.3 Å². The number of aliphatic hydroxyl groups excluding tert-OH is 1. The standard InChI is InChI=1S/C13H12ClFN2O2/c14-13(9-5-7(18)1-3-11(9)16)17-12-4-2-8(19)6-10(12)15/h1-6,11,17-19H,16H2/b13-9-. The van der Waals surface area contributed by atoms with E-state index in [2.05, 4.69) is 5.32 Å². The second-order valence-corrected chi connectivity index (χ2v) is 4.39. The van der Waals surface area contributed by atoms with E-state index in [0.717, 1.165) is 6.07 Å². The highest BCUT2D eigenvalue weighted by Crippen LogP contribution is 2.25. The normalized spacial score (nSPS) is 21.0. The molecule has 0 amide bonds. The molecule has 1 aliphatic carbocycles. The SMILES string of the molecule is NC1C=CC(O)=C/C1=C(\Cl)Nc1ccc(O)cc1F. The van der Waals surface area contributed by atoms with Crippen LogP contribution < -0.4 is 11.1 Å². The Balaban J connectivity index is 2.30. The van der Waals surface area contributed by atoms with Crippen LogP contribution in [0, 0.1) is 5.82 Å². The Morgan fingerprint density at radius 3 is 2.79 bits per heavy atom. The number of phenols is 1. The summed E-state index contributed by atoms with van der Waals surface area (Å²) in [6.07, 6.45) is 4.43. The third-order valence-corrected chi connectivity index (χ3v) is 2.90. The Morgan fingerprint density at radius 2 is 2.11 bits per heavy atom. The third kappa shape index (κ3) is 3.07. The first-order valence-corrected chi connectivity index (χ1v) is 5.85. The quantitative estimate of drug-likeness (QED) is 0.497. The lowest BCUT2D eigenvalue weighted by atomic mass is 10.0. The van der Waals surface area contributed by atoms with E-state index in [9.17, 15) is 9.50 Å². The molecule has 0 aromatic heterocycles. The maximum atomic E-state index is 13.5. The zero-order valence-electron chi connectivity index (χ0n) is 9.77. The number of benzene rings is 1. The topological polar surface area (TPSA) is 78.5 Å². The number of aliphatic hydroxyl groups is 1. The van der Waals surface area contributed by atoms with Crippen molar-refractivity contribution in [2.75, 3.05) is 5.32 Å². The summed E-state index contributed by atoms with van der Waals surface area (Å²) in [5.41, 5.74) is 6.34. The van der Waals surface area contributed by atoms with Gasteiger partial charge in [-0.3, -0.25) is 0 Å². The fraction of sp³-hybridized carbons (Fsp3) is 0.0769. The predicted octanol–water partition coefficient (Wildman–Crippen LogP) is 2.73. The molecule has 100 valence electrons. The fourth-order valence-corrected chi connectivity index (χ4v) is 1.90. The zero-order valence-corrected chi connectivity index (χ0v) is 10.5. The van der Waals surface area contributed by atoms with Crippen molar-refractivity contribution in [1.82, 2.24) is 0 Å². The Labute approximate surface area is 114 Å². The molecule has 0 saturated carbocycles. The lowest BCUT2D eigenvalue weighted by Gasteiger charge is -2.16. The van der Waals surface area contributed by atoms with Gasteiger partial charge in [0.25, 0.3) is 0 Å². The summed E-state index contributed by atoms with van der Waals surface area (Å²) in [7, 11) is 0. The van der Waals surface area contributed by atoms with E-state index in [0.29, 0.717) is 5.57 Å². The number of nitrogens with one attached hydrogen (secondary N) is 1. The fourth-order valence-electron chi connectivity index (χ4n) is 1.62. The molecule has 0 heterocycles. The molecule has 19 heavy (non-hydrogen) atoms. The van der Waals surface area contributed by atoms with Gasteiger partial charge >= 0.3 is 0 Å². The number of hydrogen-bond acceptors (Lipinski definition) is 4. The molecule has 1 atom stereocenters. The largest absolute Gasteiger partial charge is 0.508 e. The molecule has 0 aliphatic heterocycles. The first-order chi connectivity index (χ1) is 8.97. The van der Waals surface area contributed by atoms with Crippen LogP contribution in [-0.2, 0) is 0 Å². The van der Waals surface area contributed by atoms with E-state index in [-0.39, 0.29) is 22.4 Å². The number of anilines is 1. The minimum absolute atomic E-state index is 0.0165. The number of allylic oxidation sites excluding steroid dienone is 1. The molecule has 6 heteroatoms. The van der Waals surface area contributed by atoms with E-state index in [1.807, 2.05) is 0 Å². The molecule has 1 aliphatic rings. The molecule has 1 aromatic carbocycles. The zero-order chi connectivity index (χ0) is 14.0. The van der Waals surface area contributed by atoms with Crippen molar-refractivity contribution in [3.05, 3.63) is 58.7 Å². The van der Waals surface area contributed by atoms with Crippen molar-refractivity contribution < 1.29 is 14.6 Å². The van der Waals surface area contributed by atoms with Crippen LogP contribution in [0.2, 0.25) is 0 Å². The molecule has 0 spiro atoms. The maximum Gasteiger partial charge on any atom is 0.150 e. The van der Waals surface area contributed by atoms with Crippen LogP contribution in [0.3, 0.4) is 0 Å². The predicted molar refractivity (Wildman–Crippen MR) is 72.4 cm³/mol. The summed E-state index contributed by atoms with van der Waals surface area (Å²) in [6, 6.07) is 3.15. The van der Waals surface area contributed by atoms with Gasteiger partial charge in [0.05, 0.1) is 11.7 Å². The van der Waals surface area contributed by atoms with Gasteiger partial charge in [-0.15, -0.1) is 0 Å². The van der Waals surface area contributed by atoms with Crippen LogP contribution in [0.1, 0.15) is 0 Å². The minimum Gasteiger partial charge on any atom is -0.508 e. The molecule has 1 aromatic rings. The molecule has 0 fully saturated rings. The molecule has 1 unspecified atom stereocenters. The average molecular weight is 283 g/mol. The minimum atomic E-state index is -0.646. The van der Waals surface area contributed by atoms with Crippen LogP contribution in [0.25, 0.3) is 0 Å². The van der Waals surface area contributed by atoms with E-state index in [1.165, 1.54) is 24.3 Å². The highest BCUT2D eigenvalue weighted by atomic mass is 35.5. The molecule has 0 saturated heterocycles. The number of nitrogens with two attached hydrogens (primary N) is 1. The summed E-state index contributed by atoms with van der Waals surface area (Å²) in [5.74, 6) is -0.809. The second kappa shape index (κ2) is 5.34. The summed E-state index contributed by atoms with van der Waals surface area (Å²) < 4.78 is 13.5. The van der Waals surface area contributed by atoms with Crippen molar-refractivity contribution >= 4 is 17.3 Å². The summed E-state index contributed by atoms with van der Waals surface area (Å²) in [4.78, 5) is 0. The summed E-state index contributed by atoms with van der Waals surface area (Å²) in [6.45, 7) is 0. The van der Waals surface area contributed by atoms with Gasteiger partial charge in [-0.25, -0.2) is 4.39 Å². The Morgan fingerprint density at radius 1 is 1.37 bits per heavy atom. The molecular formula is C13H12ClFN2O2. The van der Waals surface area contributed by atoms with Crippen LogP contribution >= 0.6 is 11.6 Å². The van der Waals surface area contributed by atoms with Crippen molar-refractivity contribution in [2.45, 2.75) is 6.04 Å². The van der Waals surface area contributed by atoms with Crippen LogP contribution in [-0.4, -0.2) is 16.3 Å². The van der Waals surface area contributed by atoms with E-state index in [4.69, 9.17) is 22.4 Å². The molecule has 0 bridgehead atoms. The van der Waals surface area contributed by atoms with Crippen molar-refractivity contribution in [3.8, 4) is 5.75 Å². The van der Waals surface area contributed by atoms with E-state index >= 15 is 0 Å². The lowest BCUT2D eigenvalue weighted by Crippen LogP contribution is -2.23. The third-order valence-electron chi connectivity index (χ3n) is 2.59. The number of phenolic OH excluding ortho intramolecular Hbond substituents is 1. The van der Waals surface area contributed by atoms with Crippen LogP contribution in [0.4, 0.5) is 10.1 Å². The molecule has 2 rings (SSSR count). The first kappa shape index (κ1) is 13.5. The molecule has 5 N–H and O–H groups in total. The first-order valence-electron chi connectivity index (χ1n) is 5.47. The highest BCUT2D eigenvalue weighted by molar-refractivity contribution is 6.31. The number of aromatic hydroxyl groups is 1. The van der Waals surface area contributed by atoms with Gasteiger partial charge in [0, 0.05) is 11.6 Å². The van der Waals surface area contributed by atoms with Gasteiger partial charge in [-0.1, -0.05) is 17.7 Å². The van der Waals surface area contributed by atoms with Crippen molar-refractivity contribution in [2.24, 2.45) is 5.73 Å². The Bertz CT molecular complexity index is 596. The number of halogens is 2. The van der Waals surface area contributed by atoms with E-state index in [1.54, 1.807) is 6.08 Å².